The summed E-state index contributed by atoms with van der Waals surface area (Å²) in [7, 11) is 0. The third kappa shape index (κ3) is 2.28. The standard InChI is InChI=1S/C8H11F2N3O2/c1-3-8(9,10)6-5(11-13-12-6)7(14)15-4-2/h3-4H2,1-2H3,(H,11,12,13). The smallest absolute Gasteiger partial charge is 0.361 e. The lowest BCUT2D eigenvalue weighted by atomic mass is 10.1. The molecule has 0 aliphatic carbocycles. The Morgan fingerprint density at radius 2 is 2.13 bits per heavy atom. The van der Waals surface area contributed by atoms with E-state index in [4.69, 9.17) is 0 Å². The van der Waals surface area contributed by atoms with Gasteiger partial charge in [-0.15, -0.1) is 5.10 Å². The van der Waals surface area contributed by atoms with Crippen molar-refractivity contribution < 1.29 is 18.3 Å². The largest absolute Gasteiger partial charge is 0.461 e. The van der Waals surface area contributed by atoms with Gasteiger partial charge in [-0.3, -0.25) is 0 Å². The Hall–Kier alpha value is -1.53. The number of alkyl halides is 2. The van der Waals surface area contributed by atoms with Crippen LogP contribution in [0, 0.1) is 0 Å². The molecule has 0 saturated carbocycles. The maximum absolute atomic E-state index is 13.2. The third-order valence-electron chi connectivity index (χ3n) is 1.81. The number of nitrogens with one attached hydrogen (secondary N) is 1. The van der Waals surface area contributed by atoms with Gasteiger partial charge in [0.15, 0.2) is 11.4 Å². The molecule has 0 unspecified atom stereocenters. The summed E-state index contributed by atoms with van der Waals surface area (Å²) >= 11 is 0. The molecule has 0 radical (unpaired) electrons. The summed E-state index contributed by atoms with van der Waals surface area (Å²) in [4.78, 5) is 11.2. The molecule has 1 N–H and O–H groups in total. The first kappa shape index (κ1) is 11.5. The van der Waals surface area contributed by atoms with Crippen molar-refractivity contribution in [2.24, 2.45) is 0 Å². The highest BCUT2D eigenvalue weighted by atomic mass is 19.3. The second-order valence-corrected chi connectivity index (χ2v) is 2.80. The number of halogens is 2. The molecule has 0 aliphatic rings. The number of carbonyl (C=O) groups excluding carboxylic acids is 1. The lowest BCUT2D eigenvalue weighted by Gasteiger charge is -2.11. The van der Waals surface area contributed by atoms with Crippen LogP contribution in [0.1, 0.15) is 36.5 Å². The maximum atomic E-state index is 13.2. The predicted octanol–water partition coefficient (Wildman–Crippen LogP) is 1.48. The van der Waals surface area contributed by atoms with Crippen molar-refractivity contribution in [1.82, 2.24) is 15.4 Å². The third-order valence-corrected chi connectivity index (χ3v) is 1.81. The van der Waals surface area contributed by atoms with Gasteiger partial charge in [0.2, 0.25) is 0 Å². The molecule has 0 bridgehead atoms. The van der Waals surface area contributed by atoms with E-state index >= 15 is 0 Å². The first-order valence-electron chi connectivity index (χ1n) is 4.49. The fraction of sp³-hybridized carbons (Fsp3) is 0.625. The number of hydrogen-bond acceptors (Lipinski definition) is 4. The maximum Gasteiger partial charge on any atom is 0.361 e. The highest BCUT2D eigenvalue weighted by molar-refractivity contribution is 5.88. The normalized spacial score (nSPS) is 11.5. The Morgan fingerprint density at radius 3 is 2.67 bits per heavy atom. The van der Waals surface area contributed by atoms with E-state index in [1.807, 2.05) is 5.21 Å². The summed E-state index contributed by atoms with van der Waals surface area (Å²) in [6.45, 7) is 2.97. The molecule has 0 saturated heterocycles. The van der Waals surface area contributed by atoms with E-state index in [2.05, 4.69) is 14.9 Å². The van der Waals surface area contributed by atoms with Crippen LogP contribution in [0.25, 0.3) is 0 Å². The minimum Gasteiger partial charge on any atom is -0.461 e. The summed E-state index contributed by atoms with van der Waals surface area (Å²) in [6.07, 6.45) is -0.452. The summed E-state index contributed by atoms with van der Waals surface area (Å²) in [5.41, 5.74) is -1.12. The topological polar surface area (TPSA) is 67.9 Å². The lowest BCUT2D eigenvalue weighted by molar-refractivity contribution is -0.0146. The summed E-state index contributed by atoms with van der Waals surface area (Å²) < 4.78 is 31.1. The van der Waals surface area contributed by atoms with Crippen molar-refractivity contribution in [1.29, 1.82) is 0 Å². The van der Waals surface area contributed by atoms with E-state index in [9.17, 15) is 13.6 Å². The molecule has 0 aliphatic heterocycles. The molecule has 1 rings (SSSR count). The number of H-pyrrole nitrogens is 1. The van der Waals surface area contributed by atoms with Gasteiger partial charge in [0.05, 0.1) is 6.61 Å². The van der Waals surface area contributed by atoms with Crippen LogP contribution in [0.15, 0.2) is 0 Å². The van der Waals surface area contributed by atoms with Crippen LogP contribution < -0.4 is 0 Å². The SMILES string of the molecule is CCOC(=O)c1n[nH]nc1C(F)(F)CC. The quantitative estimate of drug-likeness (QED) is 0.779. The van der Waals surface area contributed by atoms with Gasteiger partial charge in [-0.25, -0.2) is 4.79 Å². The number of rotatable bonds is 4. The van der Waals surface area contributed by atoms with Crippen molar-refractivity contribution in [2.45, 2.75) is 26.2 Å². The zero-order valence-corrected chi connectivity index (χ0v) is 8.38. The molecule has 1 aromatic heterocycles. The molecule has 0 aromatic carbocycles. The van der Waals surface area contributed by atoms with Crippen LogP contribution >= 0.6 is 0 Å². The van der Waals surface area contributed by atoms with Crippen molar-refractivity contribution >= 4 is 5.97 Å². The number of aromatic amines is 1. The average Bonchev–Trinajstić information content (AvgIpc) is 2.67. The van der Waals surface area contributed by atoms with E-state index in [0.29, 0.717) is 0 Å². The Labute approximate surface area is 84.8 Å². The lowest BCUT2D eigenvalue weighted by Crippen LogP contribution is -2.18. The number of ether oxygens (including phenoxy) is 1. The Bertz CT molecular complexity index is 351. The number of hydrogen-bond donors (Lipinski definition) is 1. The molecule has 0 fully saturated rings. The van der Waals surface area contributed by atoms with Crippen molar-refractivity contribution in [3.63, 3.8) is 0 Å². The van der Waals surface area contributed by atoms with E-state index in [1.54, 1.807) is 6.92 Å². The van der Waals surface area contributed by atoms with Gasteiger partial charge in [-0.1, -0.05) is 6.92 Å². The molecule has 1 aromatic rings. The van der Waals surface area contributed by atoms with Crippen LogP contribution in [0.2, 0.25) is 0 Å². The van der Waals surface area contributed by atoms with Gasteiger partial charge in [-0.05, 0) is 6.92 Å². The predicted molar refractivity (Wildman–Crippen MR) is 46.5 cm³/mol. The van der Waals surface area contributed by atoms with Crippen LogP contribution in [0.5, 0.6) is 0 Å². The van der Waals surface area contributed by atoms with Gasteiger partial charge in [0.1, 0.15) is 0 Å². The molecule has 0 amide bonds. The fourth-order valence-corrected chi connectivity index (χ4v) is 0.995. The molecule has 1 heterocycles. The van der Waals surface area contributed by atoms with Crippen LogP contribution in [0.4, 0.5) is 8.78 Å². The Kier molecular flexibility index (Phi) is 3.33. The van der Waals surface area contributed by atoms with Gasteiger partial charge >= 0.3 is 5.97 Å². The zero-order valence-electron chi connectivity index (χ0n) is 8.38. The molecule has 0 atom stereocenters. The Morgan fingerprint density at radius 1 is 1.47 bits per heavy atom. The Balaban J connectivity index is 3.01. The number of nitrogens with zero attached hydrogens (tertiary/aromatic N) is 2. The molecule has 5 nitrogen and oxygen atoms in total. The van der Waals surface area contributed by atoms with Gasteiger partial charge in [0, 0.05) is 6.42 Å². The molecule has 15 heavy (non-hydrogen) atoms. The number of carbonyl (C=O) groups is 1. The first-order chi connectivity index (χ1) is 7.03. The van der Waals surface area contributed by atoms with E-state index in [-0.39, 0.29) is 6.61 Å². The van der Waals surface area contributed by atoms with Gasteiger partial charge in [0.25, 0.3) is 5.92 Å². The van der Waals surface area contributed by atoms with Crippen molar-refractivity contribution in [3.8, 4) is 0 Å². The fourth-order valence-electron chi connectivity index (χ4n) is 0.995. The summed E-state index contributed by atoms with van der Waals surface area (Å²) in [5, 5.41) is 8.63. The number of aromatic nitrogens is 3. The second kappa shape index (κ2) is 4.33. The minimum atomic E-state index is -3.17. The number of esters is 1. The van der Waals surface area contributed by atoms with E-state index in [1.165, 1.54) is 6.92 Å². The van der Waals surface area contributed by atoms with Crippen LogP contribution in [-0.2, 0) is 10.7 Å². The summed E-state index contributed by atoms with van der Waals surface area (Å²) in [5.74, 6) is -4.07. The van der Waals surface area contributed by atoms with Gasteiger partial charge in [-0.2, -0.15) is 19.1 Å². The van der Waals surface area contributed by atoms with E-state index in [0.717, 1.165) is 0 Å². The van der Waals surface area contributed by atoms with Crippen LogP contribution in [0.3, 0.4) is 0 Å². The van der Waals surface area contributed by atoms with E-state index < -0.39 is 29.7 Å². The van der Waals surface area contributed by atoms with Crippen LogP contribution in [-0.4, -0.2) is 28.0 Å². The summed E-state index contributed by atoms with van der Waals surface area (Å²) in [6, 6.07) is 0. The van der Waals surface area contributed by atoms with Gasteiger partial charge < -0.3 is 4.74 Å². The average molecular weight is 219 g/mol. The minimum absolute atomic E-state index is 0.100. The highest BCUT2D eigenvalue weighted by Crippen LogP contribution is 2.31. The molecule has 84 valence electrons. The first-order valence-corrected chi connectivity index (χ1v) is 4.49. The molecule has 7 heteroatoms. The molecule has 0 spiro atoms. The second-order valence-electron chi connectivity index (χ2n) is 2.80. The van der Waals surface area contributed by atoms with Crippen molar-refractivity contribution in [2.75, 3.05) is 6.61 Å². The monoisotopic (exact) mass is 219 g/mol. The molecular formula is C8H11F2N3O2. The highest BCUT2D eigenvalue weighted by Gasteiger charge is 2.38. The van der Waals surface area contributed by atoms with Crippen molar-refractivity contribution in [3.05, 3.63) is 11.4 Å². The molecular weight excluding hydrogens is 208 g/mol. The zero-order chi connectivity index (χ0) is 11.5.